The summed E-state index contributed by atoms with van der Waals surface area (Å²) >= 11 is 0. The lowest BCUT2D eigenvalue weighted by molar-refractivity contribution is 0.0969. The third-order valence-corrected chi connectivity index (χ3v) is 6.79. The highest BCUT2D eigenvalue weighted by molar-refractivity contribution is 6.08. The normalized spacial score (nSPS) is 16.6. The molecule has 0 spiro atoms. The molecule has 2 aromatic carbocycles. The topological polar surface area (TPSA) is 28.5 Å². The van der Waals surface area contributed by atoms with Gasteiger partial charge in [0.1, 0.15) is 0 Å². The predicted molar refractivity (Wildman–Crippen MR) is 133 cm³/mol. The number of Topliss-reactive ketones (excluding diaryl/α,β-unsaturated/α-hetero) is 1. The summed E-state index contributed by atoms with van der Waals surface area (Å²) in [7, 11) is 0. The van der Waals surface area contributed by atoms with Crippen LogP contribution >= 0.6 is 0 Å². The first kappa shape index (κ1) is 22.8. The molecule has 2 heterocycles. The number of carbonyl (C=O) groups excluding carboxylic acids is 1. The van der Waals surface area contributed by atoms with Crippen LogP contribution in [-0.2, 0) is 6.54 Å². The van der Waals surface area contributed by atoms with E-state index in [4.69, 9.17) is 0 Å². The molecule has 1 aliphatic heterocycles. The molecular weight excluding hydrogens is 394 g/mol. The molecule has 1 fully saturated rings. The van der Waals surface area contributed by atoms with Crippen molar-refractivity contribution >= 4 is 16.7 Å². The third kappa shape index (κ3) is 5.31. The van der Waals surface area contributed by atoms with E-state index in [1.165, 1.54) is 11.1 Å². The standard InChI is InChI=1S/C28H37N3O/c1-22(2)20-28(32)26-21-31(27-13-8-7-12-25(26)27)15-9-14-29-16-18-30(19-17-29)23(3)24-10-5-4-6-11-24/h4-8,10-13,21-23H,9,14-20H2,1-3H3. The molecule has 4 heteroatoms. The fourth-order valence-corrected chi connectivity index (χ4v) is 4.92. The highest BCUT2D eigenvalue weighted by Gasteiger charge is 2.22. The highest BCUT2D eigenvalue weighted by atomic mass is 16.1. The minimum atomic E-state index is 0.263. The van der Waals surface area contributed by atoms with Gasteiger partial charge in [-0.05, 0) is 37.4 Å². The summed E-state index contributed by atoms with van der Waals surface area (Å²) in [6.45, 7) is 13.1. The van der Waals surface area contributed by atoms with Crippen LogP contribution in [0, 0.1) is 5.92 Å². The predicted octanol–water partition coefficient (Wildman–Crippen LogP) is 5.64. The van der Waals surface area contributed by atoms with E-state index in [1.54, 1.807) is 0 Å². The maximum atomic E-state index is 12.8. The minimum absolute atomic E-state index is 0.263. The van der Waals surface area contributed by atoms with E-state index in [1.807, 2.05) is 6.07 Å². The van der Waals surface area contributed by atoms with Gasteiger partial charge in [-0.15, -0.1) is 0 Å². The van der Waals surface area contributed by atoms with E-state index in [9.17, 15) is 4.79 Å². The van der Waals surface area contributed by atoms with E-state index < -0.39 is 0 Å². The van der Waals surface area contributed by atoms with Gasteiger partial charge in [-0.2, -0.15) is 0 Å². The Morgan fingerprint density at radius 1 is 0.875 bits per heavy atom. The molecule has 0 radical (unpaired) electrons. The molecule has 0 saturated carbocycles. The molecule has 1 saturated heterocycles. The van der Waals surface area contributed by atoms with Gasteiger partial charge < -0.3 is 9.47 Å². The zero-order valence-corrected chi connectivity index (χ0v) is 19.8. The molecule has 3 aromatic rings. The van der Waals surface area contributed by atoms with Gasteiger partial charge in [0.15, 0.2) is 5.78 Å². The van der Waals surface area contributed by atoms with Crippen molar-refractivity contribution < 1.29 is 4.79 Å². The van der Waals surface area contributed by atoms with Gasteiger partial charge in [-0.1, -0.05) is 62.4 Å². The molecule has 1 unspecified atom stereocenters. The molecule has 0 aliphatic carbocycles. The molecule has 1 aromatic heterocycles. The van der Waals surface area contributed by atoms with Crippen LogP contribution in [0.15, 0.2) is 60.8 Å². The molecule has 0 amide bonds. The lowest BCUT2D eigenvalue weighted by Gasteiger charge is -2.38. The SMILES string of the molecule is CC(C)CC(=O)c1cn(CCCN2CCN(C(C)c3ccccc3)CC2)c2ccccc12. The summed E-state index contributed by atoms with van der Waals surface area (Å²) in [5.41, 5.74) is 3.47. The molecule has 0 bridgehead atoms. The molecule has 0 N–H and O–H groups in total. The Bertz CT molecular complexity index is 1020. The van der Waals surface area contributed by atoms with Crippen molar-refractivity contribution in [1.82, 2.24) is 14.4 Å². The van der Waals surface area contributed by atoms with Crippen molar-refractivity contribution in [3.63, 3.8) is 0 Å². The van der Waals surface area contributed by atoms with Crippen molar-refractivity contribution in [3.8, 4) is 0 Å². The maximum Gasteiger partial charge on any atom is 0.165 e. The van der Waals surface area contributed by atoms with Crippen molar-refractivity contribution in [1.29, 1.82) is 0 Å². The van der Waals surface area contributed by atoms with Crippen molar-refractivity contribution in [2.45, 2.75) is 46.2 Å². The molecule has 4 rings (SSSR count). The Morgan fingerprint density at radius 3 is 2.28 bits per heavy atom. The van der Waals surface area contributed by atoms with Crippen LogP contribution in [0.25, 0.3) is 10.9 Å². The number of fused-ring (bicyclic) bond motifs is 1. The largest absolute Gasteiger partial charge is 0.347 e. The summed E-state index contributed by atoms with van der Waals surface area (Å²) in [5.74, 6) is 0.645. The van der Waals surface area contributed by atoms with Crippen LogP contribution in [0.3, 0.4) is 0 Å². The van der Waals surface area contributed by atoms with Crippen LogP contribution in [0.1, 0.15) is 55.6 Å². The molecular formula is C28H37N3O. The summed E-state index contributed by atoms with van der Waals surface area (Å²) in [6, 6.07) is 19.6. The number of carbonyl (C=O) groups is 1. The number of hydrogen-bond donors (Lipinski definition) is 0. The van der Waals surface area contributed by atoms with E-state index in [0.717, 1.165) is 56.6 Å². The van der Waals surface area contributed by atoms with Crippen molar-refractivity contribution in [2.75, 3.05) is 32.7 Å². The number of rotatable bonds is 9. The number of benzene rings is 2. The Hall–Kier alpha value is -2.43. The Kier molecular flexibility index (Phi) is 7.44. The summed E-state index contributed by atoms with van der Waals surface area (Å²) < 4.78 is 2.29. The number of nitrogens with zero attached hydrogens (tertiary/aromatic N) is 3. The molecule has 1 aliphatic rings. The number of para-hydroxylation sites is 1. The van der Waals surface area contributed by atoms with Gasteiger partial charge in [0.25, 0.3) is 0 Å². The minimum Gasteiger partial charge on any atom is -0.347 e. The van der Waals surface area contributed by atoms with E-state index >= 15 is 0 Å². The second kappa shape index (κ2) is 10.5. The molecule has 170 valence electrons. The van der Waals surface area contributed by atoms with Gasteiger partial charge in [0, 0.05) is 67.8 Å². The van der Waals surface area contributed by atoms with E-state index in [-0.39, 0.29) is 5.78 Å². The first-order chi connectivity index (χ1) is 15.5. The van der Waals surface area contributed by atoms with Crippen LogP contribution in [-0.4, -0.2) is 52.9 Å². The average molecular weight is 432 g/mol. The zero-order chi connectivity index (χ0) is 22.5. The van der Waals surface area contributed by atoms with Crippen LogP contribution in [0.5, 0.6) is 0 Å². The van der Waals surface area contributed by atoms with Gasteiger partial charge in [-0.25, -0.2) is 0 Å². The molecule has 32 heavy (non-hydrogen) atoms. The van der Waals surface area contributed by atoms with Gasteiger partial charge >= 0.3 is 0 Å². The van der Waals surface area contributed by atoms with E-state index in [2.05, 4.69) is 89.9 Å². The Balaban J connectivity index is 1.31. The van der Waals surface area contributed by atoms with Crippen LogP contribution < -0.4 is 0 Å². The third-order valence-electron chi connectivity index (χ3n) is 6.79. The number of aromatic nitrogens is 1. The number of hydrogen-bond acceptors (Lipinski definition) is 3. The van der Waals surface area contributed by atoms with Gasteiger partial charge in [0.05, 0.1) is 0 Å². The number of aryl methyl sites for hydroxylation is 1. The van der Waals surface area contributed by atoms with Crippen molar-refractivity contribution in [2.24, 2.45) is 5.92 Å². The quantitative estimate of drug-likeness (QED) is 0.411. The summed E-state index contributed by atoms with van der Waals surface area (Å²) in [6.07, 6.45) is 3.80. The summed E-state index contributed by atoms with van der Waals surface area (Å²) in [5, 5.41) is 1.10. The van der Waals surface area contributed by atoms with Gasteiger partial charge in [0.2, 0.25) is 0 Å². The van der Waals surface area contributed by atoms with Crippen LogP contribution in [0.2, 0.25) is 0 Å². The fourth-order valence-electron chi connectivity index (χ4n) is 4.92. The average Bonchev–Trinajstić information content (AvgIpc) is 3.18. The summed E-state index contributed by atoms with van der Waals surface area (Å²) in [4.78, 5) is 17.9. The second-order valence-electron chi connectivity index (χ2n) is 9.59. The second-order valence-corrected chi connectivity index (χ2v) is 9.59. The number of piperazine rings is 1. The lowest BCUT2D eigenvalue weighted by Crippen LogP contribution is -2.47. The van der Waals surface area contributed by atoms with Crippen LogP contribution in [0.4, 0.5) is 0 Å². The zero-order valence-electron chi connectivity index (χ0n) is 19.8. The van der Waals surface area contributed by atoms with Gasteiger partial charge in [-0.3, -0.25) is 9.69 Å². The Morgan fingerprint density at radius 2 is 1.56 bits per heavy atom. The first-order valence-electron chi connectivity index (χ1n) is 12.2. The fraction of sp³-hybridized carbons (Fsp3) is 0.464. The highest BCUT2D eigenvalue weighted by Crippen LogP contribution is 2.25. The lowest BCUT2D eigenvalue weighted by atomic mass is 10.0. The Labute approximate surface area is 192 Å². The van der Waals surface area contributed by atoms with E-state index in [0.29, 0.717) is 18.4 Å². The van der Waals surface area contributed by atoms with Crippen molar-refractivity contribution in [3.05, 3.63) is 71.9 Å². The monoisotopic (exact) mass is 431 g/mol. The first-order valence-corrected chi connectivity index (χ1v) is 12.2. The maximum absolute atomic E-state index is 12.8. The number of ketones is 1. The molecule has 4 nitrogen and oxygen atoms in total. The molecule has 1 atom stereocenters. The smallest absolute Gasteiger partial charge is 0.165 e.